The smallest absolute Gasteiger partial charge is 0.327 e. The lowest BCUT2D eigenvalue weighted by molar-refractivity contribution is -0.140. The van der Waals surface area contributed by atoms with Gasteiger partial charge in [-0.2, -0.15) is 0 Å². The number of carboxylic acid groups (broad SMARTS) is 1. The summed E-state index contributed by atoms with van der Waals surface area (Å²) in [6.07, 6.45) is 6.74. The van der Waals surface area contributed by atoms with Crippen molar-refractivity contribution in [2.45, 2.75) is 43.5 Å². The van der Waals surface area contributed by atoms with Crippen molar-refractivity contribution >= 4 is 45.5 Å². The summed E-state index contributed by atoms with van der Waals surface area (Å²) in [6.45, 7) is 9.02. The molecule has 1 saturated heterocycles. The first-order valence-electron chi connectivity index (χ1n) is 10.6. The fraction of sp³-hybridized carbons (Fsp3) is 0.478. The van der Waals surface area contributed by atoms with E-state index >= 15 is 0 Å². The van der Waals surface area contributed by atoms with Crippen molar-refractivity contribution in [1.29, 1.82) is 0 Å². The predicted molar refractivity (Wildman–Crippen MR) is 129 cm³/mol. The average Bonchev–Trinajstić information content (AvgIpc) is 3.62. The van der Waals surface area contributed by atoms with E-state index < -0.39 is 29.8 Å². The molecular formula is C23H29FN2O5S2. The van der Waals surface area contributed by atoms with E-state index in [0.29, 0.717) is 30.4 Å². The van der Waals surface area contributed by atoms with E-state index in [0.717, 1.165) is 18.9 Å². The van der Waals surface area contributed by atoms with Gasteiger partial charge in [0, 0.05) is 42.5 Å². The number of nitrogens with one attached hydrogen (secondary N) is 1. The maximum atomic E-state index is 14.2. The molecule has 1 heterocycles. The van der Waals surface area contributed by atoms with Gasteiger partial charge in [-0.3, -0.25) is 19.3 Å². The van der Waals surface area contributed by atoms with Gasteiger partial charge in [0.25, 0.3) is 0 Å². The number of piperidine rings is 1. The van der Waals surface area contributed by atoms with Crippen molar-refractivity contribution in [2.75, 3.05) is 18.8 Å². The van der Waals surface area contributed by atoms with Gasteiger partial charge in [0.2, 0.25) is 5.91 Å². The summed E-state index contributed by atoms with van der Waals surface area (Å²) >= 11 is 0. The summed E-state index contributed by atoms with van der Waals surface area (Å²) in [5.74, 6) is -2.00. The maximum Gasteiger partial charge on any atom is 0.327 e. The predicted octanol–water partition coefficient (Wildman–Crippen LogP) is 3.10. The lowest BCUT2D eigenvalue weighted by Gasteiger charge is -2.40. The second kappa shape index (κ2) is 12.9. The molecule has 10 heteroatoms. The molecule has 0 aromatic heterocycles. The Balaban J connectivity index is 2.22. The number of hydrogen-bond donors (Lipinski definition) is 2. The highest BCUT2D eigenvalue weighted by Crippen LogP contribution is 2.42. The van der Waals surface area contributed by atoms with Crippen molar-refractivity contribution in [3.8, 4) is 0 Å². The summed E-state index contributed by atoms with van der Waals surface area (Å²) in [7, 11) is 2.65. The van der Waals surface area contributed by atoms with Crippen LogP contribution in [0.3, 0.4) is 0 Å². The molecule has 2 fully saturated rings. The van der Waals surface area contributed by atoms with Crippen LogP contribution in [-0.2, 0) is 19.2 Å². The molecular weight excluding hydrogens is 467 g/mol. The van der Waals surface area contributed by atoms with E-state index in [1.54, 1.807) is 0 Å². The highest BCUT2D eigenvalue weighted by atomic mass is 33.1. The number of hydrogen-bond acceptors (Lipinski definition) is 7. The molecule has 3 atom stereocenters. The molecule has 3 unspecified atom stereocenters. The number of amides is 1. The molecule has 1 amide bonds. The largest absolute Gasteiger partial charge is 0.480 e. The standard InChI is InChI=1S/C23H29FN2O5S2/c1-4-15(18(24)5-2)12-26-10-8-20(33-32-13-19(23(30)31)25-14(3)28)17(9-11-27)21(26)22(29)16-6-7-16/h4-5,9,11,16,19-21H,1-2,6-8,10,12-13H2,3H3,(H,25,28)(H,30,31)/b17-9+,18-15-. The quantitative estimate of drug-likeness (QED) is 0.174. The summed E-state index contributed by atoms with van der Waals surface area (Å²) in [4.78, 5) is 49.1. The monoisotopic (exact) mass is 496 g/mol. The number of ketones is 1. The Morgan fingerprint density at radius 1 is 1.27 bits per heavy atom. The zero-order valence-electron chi connectivity index (χ0n) is 18.5. The Bertz CT molecular complexity index is 869. The highest BCUT2D eigenvalue weighted by Gasteiger charge is 2.43. The Kier molecular flexibility index (Phi) is 10.6. The van der Waals surface area contributed by atoms with Crippen LogP contribution < -0.4 is 5.32 Å². The number of likely N-dealkylation sites (tertiary alicyclic amines) is 1. The summed E-state index contributed by atoms with van der Waals surface area (Å²) in [6, 6.07) is -1.70. The van der Waals surface area contributed by atoms with Crippen LogP contribution in [0.5, 0.6) is 0 Å². The van der Waals surface area contributed by atoms with Crippen LogP contribution in [0.1, 0.15) is 26.2 Å². The summed E-state index contributed by atoms with van der Waals surface area (Å²) < 4.78 is 14.2. The second-order valence-electron chi connectivity index (χ2n) is 7.88. The Morgan fingerprint density at radius 3 is 2.48 bits per heavy atom. The lowest BCUT2D eigenvalue weighted by atomic mass is 9.89. The molecule has 2 N–H and O–H groups in total. The van der Waals surface area contributed by atoms with Crippen molar-refractivity contribution in [1.82, 2.24) is 10.2 Å². The summed E-state index contributed by atoms with van der Waals surface area (Å²) in [5.41, 5.74) is 0.962. The first-order valence-corrected chi connectivity index (χ1v) is 13.0. The van der Waals surface area contributed by atoms with Gasteiger partial charge < -0.3 is 10.4 Å². The normalized spacial score (nSPS) is 23.9. The third-order valence-electron chi connectivity index (χ3n) is 5.44. The van der Waals surface area contributed by atoms with Gasteiger partial charge in [-0.15, -0.1) is 0 Å². The second-order valence-corrected chi connectivity index (χ2v) is 10.5. The molecule has 0 aromatic carbocycles. The van der Waals surface area contributed by atoms with Crippen molar-refractivity contribution < 1.29 is 28.7 Å². The van der Waals surface area contributed by atoms with Crippen LogP contribution in [-0.4, -0.2) is 70.1 Å². The number of rotatable bonds is 13. The molecule has 0 aromatic rings. The topological polar surface area (TPSA) is 104 Å². The van der Waals surface area contributed by atoms with Crippen LogP contribution in [0, 0.1) is 5.92 Å². The average molecular weight is 497 g/mol. The highest BCUT2D eigenvalue weighted by molar-refractivity contribution is 8.77. The van der Waals surface area contributed by atoms with E-state index in [1.165, 1.54) is 40.7 Å². The van der Waals surface area contributed by atoms with Crippen LogP contribution in [0.2, 0.25) is 0 Å². The molecule has 180 valence electrons. The molecule has 1 aliphatic carbocycles. The number of Topliss-reactive ketones (excluding diaryl/α,β-unsaturated/α-hetero) is 1. The van der Waals surface area contributed by atoms with Gasteiger partial charge in [-0.05, 0) is 37.0 Å². The minimum Gasteiger partial charge on any atom is -0.480 e. The third-order valence-corrected chi connectivity index (χ3v) is 8.30. The van der Waals surface area contributed by atoms with Crippen LogP contribution in [0.4, 0.5) is 4.39 Å². The number of halogens is 1. The molecule has 2 rings (SSSR count). The van der Waals surface area contributed by atoms with Crippen LogP contribution >= 0.6 is 21.6 Å². The van der Waals surface area contributed by atoms with Crippen molar-refractivity contribution in [2.24, 2.45) is 5.92 Å². The molecule has 7 nitrogen and oxygen atoms in total. The van der Waals surface area contributed by atoms with Crippen LogP contribution in [0.25, 0.3) is 0 Å². The lowest BCUT2D eigenvalue weighted by Crippen LogP contribution is -2.51. The van der Waals surface area contributed by atoms with Crippen molar-refractivity contribution in [3.63, 3.8) is 0 Å². The SMILES string of the molecule is C=C/C(F)=C(\C=C)CN1CCC(SSCC(NC(C)=O)C(=O)O)/C(=C\C=O)C1C(=O)C1CC1. The summed E-state index contributed by atoms with van der Waals surface area (Å²) in [5, 5.41) is 11.5. The maximum absolute atomic E-state index is 14.2. The first kappa shape index (κ1) is 27.1. The Hall–Kier alpha value is -2.17. The van der Waals surface area contributed by atoms with Gasteiger partial charge >= 0.3 is 5.97 Å². The number of carbonyl (C=O) groups excluding carboxylic acids is 3. The number of nitrogens with zero attached hydrogens (tertiary/aromatic N) is 1. The van der Waals surface area contributed by atoms with Crippen molar-refractivity contribution in [3.05, 3.63) is 48.4 Å². The zero-order chi connectivity index (χ0) is 24.5. The minimum absolute atomic E-state index is 0.0162. The first-order chi connectivity index (χ1) is 15.7. The fourth-order valence-corrected chi connectivity index (χ4v) is 6.53. The van der Waals surface area contributed by atoms with E-state index in [1.807, 2.05) is 4.90 Å². The molecule has 0 spiro atoms. The van der Waals surface area contributed by atoms with Gasteiger partial charge in [-0.25, -0.2) is 9.18 Å². The minimum atomic E-state index is -1.13. The number of aldehydes is 1. The van der Waals surface area contributed by atoms with Crippen LogP contribution in [0.15, 0.2) is 48.4 Å². The molecule has 2 aliphatic rings. The van der Waals surface area contributed by atoms with E-state index in [-0.39, 0.29) is 29.2 Å². The molecule has 1 saturated carbocycles. The van der Waals surface area contributed by atoms with E-state index in [2.05, 4.69) is 18.5 Å². The van der Waals surface area contributed by atoms with Gasteiger partial charge in [0.05, 0.1) is 6.04 Å². The molecule has 33 heavy (non-hydrogen) atoms. The number of carboxylic acids is 1. The third kappa shape index (κ3) is 7.68. The van der Waals surface area contributed by atoms with Gasteiger partial charge in [-0.1, -0.05) is 40.8 Å². The molecule has 1 aliphatic heterocycles. The molecule has 0 bridgehead atoms. The molecule has 0 radical (unpaired) electrons. The van der Waals surface area contributed by atoms with E-state index in [9.17, 15) is 28.7 Å². The number of aliphatic carboxylic acids is 1. The number of allylic oxidation sites excluding steroid dienone is 3. The van der Waals surface area contributed by atoms with Gasteiger partial charge in [0.15, 0.2) is 5.78 Å². The van der Waals surface area contributed by atoms with Gasteiger partial charge in [0.1, 0.15) is 18.2 Å². The van der Waals surface area contributed by atoms with E-state index in [4.69, 9.17) is 0 Å². The Labute approximate surface area is 201 Å². The zero-order valence-corrected chi connectivity index (χ0v) is 20.1. The Morgan fingerprint density at radius 2 is 1.97 bits per heavy atom. The number of carbonyl (C=O) groups is 4. The fourth-order valence-electron chi connectivity index (χ4n) is 3.65.